The van der Waals surface area contributed by atoms with Gasteiger partial charge in [-0.1, -0.05) is 19.9 Å². The Kier molecular flexibility index (Phi) is 7.06. The Morgan fingerprint density at radius 2 is 2.06 bits per heavy atom. The van der Waals surface area contributed by atoms with E-state index in [0.717, 1.165) is 0 Å². The number of aromatic nitrogens is 5. The second kappa shape index (κ2) is 9.61. The summed E-state index contributed by atoms with van der Waals surface area (Å²) >= 11 is 0. The Balaban J connectivity index is 0.00000149. The van der Waals surface area contributed by atoms with Gasteiger partial charge in [-0.2, -0.15) is 5.10 Å². The van der Waals surface area contributed by atoms with E-state index in [4.69, 9.17) is 0 Å². The van der Waals surface area contributed by atoms with Gasteiger partial charge in [-0.3, -0.25) is 18.4 Å². The molecule has 0 saturated carbocycles. The van der Waals surface area contributed by atoms with Crippen LogP contribution in [0.15, 0.2) is 35.6 Å². The van der Waals surface area contributed by atoms with Crippen molar-refractivity contribution < 1.29 is 18.5 Å². The van der Waals surface area contributed by atoms with E-state index in [0.29, 0.717) is 11.3 Å². The summed E-state index contributed by atoms with van der Waals surface area (Å²) in [5.41, 5.74) is -0.314. The highest BCUT2D eigenvalue weighted by atomic mass is 32.2. The number of hydrogen-bond donors (Lipinski definition) is 2. The molecule has 12 heteroatoms. The number of benzene rings is 1. The molecule has 0 aliphatic carbocycles. The monoisotopic (exact) mass is 476 g/mol. The molecule has 0 spiro atoms. The highest BCUT2D eigenvalue weighted by molar-refractivity contribution is 7.86. The van der Waals surface area contributed by atoms with Gasteiger partial charge in [0.2, 0.25) is 5.75 Å². The van der Waals surface area contributed by atoms with Crippen LogP contribution in [0, 0.1) is 5.82 Å². The Morgan fingerprint density at radius 3 is 2.73 bits per heavy atom. The maximum Gasteiger partial charge on any atom is 0.296 e. The van der Waals surface area contributed by atoms with Gasteiger partial charge in [-0.15, -0.1) is 0 Å². The van der Waals surface area contributed by atoms with E-state index in [-0.39, 0.29) is 24.7 Å². The molecule has 1 amide bonds. The van der Waals surface area contributed by atoms with E-state index < -0.39 is 44.3 Å². The lowest BCUT2D eigenvalue weighted by Crippen LogP contribution is -2.43. The number of nitrogens with one attached hydrogen (secondary N) is 1. The van der Waals surface area contributed by atoms with Crippen LogP contribution < -0.4 is 10.9 Å². The number of halogens is 1. The average molecular weight is 477 g/mol. The topological polar surface area (TPSA) is 132 Å². The molecule has 0 saturated heterocycles. The first-order chi connectivity index (χ1) is 15.7. The maximum atomic E-state index is 13.7. The molecule has 1 aliphatic heterocycles. The quantitative estimate of drug-likeness (QED) is 0.585. The van der Waals surface area contributed by atoms with Gasteiger partial charge in [0.1, 0.15) is 24.3 Å². The summed E-state index contributed by atoms with van der Waals surface area (Å²) in [6.07, 6.45) is 2.68. The molecule has 2 aromatic heterocycles. The van der Waals surface area contributed by atoms with Crippen molar-refractivity contribution in [2.75, 3.05) is 5.75 Å². The minimum Gasteiger partial charge on any atom is -0.501 e. The molecule has 33 heavy (non-hydrogen) atoms. The van der Waals surface area contributed by atoms with Crippen LogP contribution in [0.4, 0.5) is 4.39 Å². The zero-order chi connectivity index (χ0) is 24.3. The van der Waals surface area contributed by atoms with E-state index in [1.54, 1.807) is 13.8 Å². The van der Waals surface area contributed by atoms with E-state index in [9.17, 15) is 23.3 Å². The van der Waals surface area contributed by atoms with Crippen molar-refractivity contribution in [1.82, 2.24) is 29.6 Å². The van der Waals surface area contributed by atoms with Gasteiger partial charge >= 0.3 is 0 Å². The lowest BCUT2D eigenvalue weighted by molar-refractivity contribution is 0.0941. The Morgan fingerprint density at radius 1 is 1.33 bits per heavy atom. The largest absolute Gasteiger partial charge is 0.501 e. The van der Waals surface area contributed by atoms with Crippen molar-refractivity contribution in [3.05, 3.63) is 64.1 Å². The normalized spacial score (nSPS) is 16.3. The van der Waals surface area contributed by atoms with Gasteiger partial charge < -0.3 is 10.4 Å². The molecule has 3 heterocycles. The first-order valence-corrected chi connectivity index (χ1v) is 11.7. The van der Waals surface area contributed by atoms with Crippen molar-refractivity contribution in [3.63, 3.8) is 0 Å². The summed E-state index contributed by atoms with van der Waals surface area (Å²) in [6.45, 7) is 7.43. The molecule has 1 aromatic carbocycles. The van der Waals surface area contributed by atoms with Gasteiger partial charge in [-0.05, 0) is 31.5 Å². The Labute approximate surface area is 192 Å². The third kappa shape index (κ3) is 4.56. The zero-order valence-electron chi connectivity index (χ0n) is 18.7. The fourth-order valence-corrected chi connectivity index (χ4v) is 4.61. The lowest BCUT2D eigenvalue weighted by Gasteiger charge is -2.31. The molecule has 0 radical (unpaired) electrons. The van der Waals surface area contributed by atoms with Gasteiger partial charge in [0.15, 0.2) is 5.69 Å². The van der Waals surface area contributed by atoms with Gasteiger partial charge in [0.05, 0.1) is 10.4 Å². The summed E-state index contributed by atoms with van der Waals surface area (Å²) in [7, 11) is -1.29. The maximum absolute atomic E-state index is 13.7. The van der Waals surface area contributed by atoms with Crippen LogP contribution in [0.5, 0.6) is 5.75 Å². The molecule has 0 fully saturated rings. The molecule has 1 unspecified atom stereocenters. The van der Waals surface area contributed by atoms with Crippen LogP contribution in [0.25, 0.3) is 5.69 Å². The van der Waals surface area contributed by atoms with Crippen molar-refractivity contribution in [2.45, 2.75) is 45.5 Å². The molecule has 1 atom stereocenters. The van der Waals surface area contributed by atoms with Crippen molar-refractivity contribution in [2.24, 2.45) is 0 Å². The second-order valence-corrected chi connectivity index (χ2v) is 9.57. The number of aromatic hydroxyl groups is 1. The van der Waals surface area contributed by atoms with Crippen molar-refractivity contribution in [3.8, 4) is 11.4 Å². The number of carbonyl (C=O) groups excluding carboxylic acids is 1. The first-order valence-electron chi connectivity index (χ1n) is 10.3. The van der Waals surface area contributed by atoms with Gasteiger partial charge in [0, 0.05) is 29.6 Å². The summed E-state index contributed by atoms with van der Waals surface area (Å²) < 4.78 is 27.7. The predicted octanol–water partition coefficient (Wildman–Crippen LogP) is 1.62. The molecule has 176 valence electrons. The minimum absolute atomic E-state index is 0.0524. The van der Waals surface area contributed by atoms with E-state index in [1.165, 1.54) is 40.1 Å². The van der Waals surface area contributed by atoms with E-state index in [1.807, 2.05) is 13.8 Å². The third-order valence-corrected chi connectivity index (χ3v) is 7.00. The van der Waals surface area contributed by atoms with Crippen LogP contribution in [0.1, 0.15) is 49.6 Å². The Bertz CT molecular complexity index is 1260. The summed E-state index contributed by atoms with van der Waals surface area (Å²) in [6, 6.07) is 3.96. The lowest BCUT2D eigenvalue weighted by atomic mass is 10.1. The standard InChI is InChI=1S/C19H19FN6O4S.C2H6/c1-19(2)18-24-14(15(27)17(29)25(18)5-6-31(19)30)16(28)22-8-11-3-4-12(20)7-13(11)26-10-21-9-23-26;1-2/h3-4,7,9-10,27H,5-6,8H2,1-2H3,(H,22,28);1-2H3. The molecular formula is C21H25FN6O4S. The summed E-state index contributed by atoms with van der Waals surface area (Å²) in [4.78, 5) is 33.4. The van der Waals surface area contributed by atoms with Crippen LogP contribution in [0.3, 0.4) is 0 Å². The second-order valence-electron chi connectivity index (χ2n) is 7.45. The van der Waals surface area contributed by atoms with E-state index >= 15 is 0 Å². The first kappa shape index (κ1) is 24.2. The van der Waals surface area contributed by atoms with Gasteiger partial charge in [-0.25, -0.2) is 19.0 Å². The minimum atomic E-state index is -1.29. The van der Waals surface area contributed by atoms with E-state index in [2.05, 4.69) is 20.4 Å². The molecule has 3 aromatic rings. The summed E-state index contributed by atoms with van der Waals surface area (Å²) in [5.74, 6) is -1.63. The highest BCUT2D eigenvalue weighted by Gasteiger charge is 2.38. The Hall–Kier alpha value is -3.41. The SMILES string of the molecule is CC.CC1(C)c2nc(C(=O)NCc3ccc(F)cc3-n3cncn3)c(O)c(=O)n2CCS1=O. The average Bonchev–Trinajstić information content (AvgIpc) is 3.34. The van der Waals surface area contributed by atoms with Gasteiger partial charge in [0.25, 0.3) is 11.5 Å². The van der Waals surface area contributed by atoms with Crippen LogP contribution >= 0.6 is 0 Å². The van der Waals surface area contributed by atoms with Crippen molar-refractivity contribution in [1.29, 1.82) is 0 Å². The van der Waals surface area contributed by atoms with Crippen molar-refractivity contribution >= 4 is 16.7 Å². The van der Waals surface area contributed by atoms with Crippen LogP contribution in [-0.4, -0.2) is 45.3 Å². The number of hydrogen-bond acceptors (Lipinski definition) is 7. The molecule has 10 nitrogen and oxygen atoms in total. The fraction of sp³-hybridized carbons (Fsp3) is 0.381. The third-order valence-electron chi connectivity index (χ3n) is 5.12. The molecule has 4 rings (SSSR count). The highest BCUT2D eigenvalue weighted by Crippen LogP contribution is 2.30. The zero-order valence-corrected chi connectivity index (χ0v) is 19.5. The number of rotatable bonds is 4. The predicted molar refractivity (Wildman–Crippen MR) is 120 cm³/mol. The van der Waals surface area contributed by atoms with Crippen LogP contribution in [0.2, 0.25) is 0 Å². The smallest absolute Gasteiger partial charge is 0.296 e. The fourth-order valence-electron chi connectivity index (χ4n) is 3.39. The van der Waals surface area contributed by atoms with Crippen LogP contribution in [-0.2, 0) is 28.6 Å². The number of carbonyl (C=O) groups is 1. The number of nitrogens with zero attached hydrogens (tertiary/aromatic N) is 5. The molecule has 2 N–H and O–H groups in total. The molecule has 0 bridgehead atoms. The number of fused-ring (bicyclic) bond motifs is 1. The summed E-state index contributed by atoms with van der Waals surface area (Å²) in [5, 5.41) is 16.8. The number of amides is 1. The molecule has 1 aliphatic rings. The molecular weight excluding hydrogens is 451 g/mol.